The summed E-state index contributed by atoms with van der Waals surface area (Å²) < 4.78 is 16.8. The second kappa shape index (κ2) is 18.1. The summed E-state index contributed by atoms with van der Waals surface area (Å²) in [5, 5.41) is 15.2. The van der Waals surface area contributed by atoms with Gasteiger partial charge in [-0.25, -0.2) is 9.59 Å². The number of carbonyl (C=O) groups is 4. The van der Waals surface area contributed by atoms with Gasteiger partial charge in [-0.3, -0.25) is 9.59 Å². The number of benzene rings is 4. The average Bonchev–Trinajstić information content (AvgIpc) is 3.10. The topological polar surface area (TPSA) is 140 Å². The van der Waals surface area contributed by atoms with Gasteiger partial charge in [0, 0.05) is 23.2 Å². The summed E-state index contributed by atoms with van der Waals surface area (Å²) in [4.78, 5) is 50.5. The first-order chi connectivity index (χ1) is 23.7. The maximum atomic E-state index is 13.0. The molecule has 2 amide bonds. The highest BCUT2D eigenvalue weighted by Gasteiger charge is 2.23. The van der Waals surface area contributed by atoms with Gasteiger partial charge in [-0.1, -0.05) is 56.9 Å². The maximum absolute atomic E-state index is 13.0. The minimum atomic E-state index is -1.26. The second-order valence-electron chi connectivity index (χ2n) is 11.6. The number of nitrogens with one attached hydrogen (secondary N) is 2. The van der Waals surface area contributed by atoms with Crippen LogP contribution in [0.1, 0.15) is 81.2 Å². The number of aryl methyl sites for hydroxylation is 1. The van der Waals surface area contributed by atoms with Gasteiger partial charge in [-0.15, -0.1) is 0 Å². The summed E-state index contributed by atoms with van der Waals surface area (Å²) in [6.45, 7) is 4.64. The molecule has 0 aliphatic rings. The van der Waals surface area contributed by atoms with Gasteiger partial charge in [0.25, 0.3) is 11.8 Å². The van der Waals surface area contributed by atoms with E-state index in [0.29, 0.717) is 34.7 Å². The van der Waals surface area contributed by atoms with E-state index < -0.39 is 23.9 Å². The highest BCUT2D eigenvalue weighted by molar-refractivity contribution is 6.05. The molecule has 10 nitrogen and oxygen atoms in total. The van der Waals surface area contributed by atoms with Crippen molar-refractivity contribution in [1.29, 1.82) is 0 Å². The summed E-state index contributed by atoms with van der Waals surface area (Å²) in [7, 11) is 1.41. The monoisotopic (exact) mass is 666 g/mol. The first-order valence-corrected chi connectivity index (χ1v) is 16.3. The molecule has 0 spiro atoms. The zero-order valence-corrected chi connectivity index (χ0v) is 28.0. The lowest BCUT2D eigenvalue weighted by Crippen LogP contribution is -2.42. The van der Waals surface area contributed by atoms with E-state index in [1.807, 2.05) is 19.1 Å². The lowest BCUT2D eigenvalue weighted by Gasteiger charge is -2.16. The molecule has 0 aliphatic heterocycles. The largest absolute Gasteiger partial charge is 0.494 e. The van der Waals surface area contributed by atoms with Gasteiger partial charge in [0.15, 0.2) is 11.5 Å². The molecule has 1 atom stereocenters. The number of hydrogen-bond donors (Lipinski definition) is 3. The molecule has 0 aliphatic carbocycles. The fourth-order valence-electron chi connectivity index (χ4n) is 5.07. The Morgan fingerprint density at radius 1 is 0.776 bits per heavy atom. The number of carboxylic acids is 1. The fraction of sp³-hybridized carbons (Fsp3) is 0.282. The van der Waals surface area contributed by atoms with Gasteiger partial charge < -0.3 is 30.0 Å². The van der Waals surface area contributed by atoms with Crippen LogP contribution < -0.4 is 24.8 Å². The van der Waals surface area contributed by atoms with E-state index in [2.05, 4.69) is 17.6 Å². The normalized spacial score (nSPS) is 11.2. The first-order valence-electron chi connectivity index (χ1n) is 16.3. The molecule has 0 fully saturated rings. The van der Waals surface area contributed by atoms with Gasteiger partial charge in [-0.05, 0) is 91.2 Å². The third-order valence-electron chi connectivity index (χ3n) is 7.88. The van der Waals surface area contributed by atoms with Gasteiger partial charge in [0.1, 0.15) is 11.8 Å². The van der Waals surface area contributed by atoms with Crippen LogP contribution in [-0.2, 0) is 11.2 Å². The van der Waals surface area contributed by atoms with Crippen molar-refractivity contribution in [2.45, 2.75) is 58.4 Å². The van der Waals surface area contributed by atoms with Crippen LogP contribution >= 0.6 is 0 Å². The Kier molecular flexibility index (Phi) is 13.3. The lowest BCUT2D eigenvalue weighted by molar-refractivity contribution is -0.139. The summed E-state index contributed by atoms with van der Waals surface area (Å²) in [6, 6.07) is 23.5. The van der Waals surface area contributed by atoms with Crippen molar-refractivity contribution in [2.75, 3.05) is 19.0 Å². The van der Waals surface area contributed by atoms with Crippen LogP contribution in [0.3, 0.4) is 0 Å². The van der Waals surface area contributed by atoms with Gasteiger partial charge >= 0.3 is 11.9 Å². The number of methoxy groups -OCH3 is 1. The predicted molar refractivity (Wildman–Crippen MR) is 187 cm³/mol. The molecule has 49 heavy (non-hydrogen) atoms. The van der Waals surface area contributed by atoms with Crippen LogP contribution in [-0.4, -0.2) is 48.6 Å². The van der Waals surface area contributed by atoms with Crippen molar-refractivity contribution < 1.29 is 38.5 Å². The number of unbranched alkanes of at least 4 members (excludes halogenated alkanes) is 4. The zero-order chi connectivity index (χ0) is 35.2. The van der Waals surface area contributed by atoms with Gasteiger partial charge in [0.2, 0.25) is 0 Å². The second-order valence-corrected chi connectivity index (χ2v) is 11.6. The van der Waals surface area contributed by atoms with Crippen molar-refractivity contribution in [3.8, 4) is 17.2 Å². The molecule has 4 aromatic carbocycles. The van der Waals surface area contributed by atoms with E-state index in [1.54, 1.807) is 60.7 Å². The average molecular weight is 667 g/mol. The third kappa shape index (κ3) is 10.7. The molecule has 4 aromatic rings. The number of carbonyl (C=O) groups excluding carboxylic acids is 3. The molecule has 4 rings (SSSR count). The SMILES string of the molecule is CCCCCCCOc1ccc(C(=O)Oc2ccc(CC(NC(=O)c3ccc(NC(=O)c4ccccc4C)cc3)C(=O)O)cc2OC)cc1. The highest BCUT2D eigenvalue weighted by atomic mass is 16.6. The van der Waals surface area contributed by atoms with Crippen LogP contribution in [0.2, 0.25) is 0 Å². The summed E-state index contributed by atoms with van der Waals surface area (Å²) >= 11 is 0. The molecule has 0 aromatic heterocycles. The molecular weight excluding hydrogens is 624 g/mol. The molecular formula is C39H42N2O8. The Morgan fingerprint density at radius 3 is 2.14 bits per heavy atom. The Morgan fingerprint density at radius 2 is 1.47 bits per heavy atom. The summed E-state index contributed by atoms with van der Waals surface area (Å²) in [5.74, 6) is -1.62. The first kappa shape index (κ1) is 36.2. The molecule has 0 heterocycles. The van der Waals surface area contributed by atoms with Crippen LogP contribution in [0.25, 0.3) is 0 Å². The van der Waals surface area contributed by atoms with Crippen molar-refractivity contribution in [3.63, 3.8) is 0 Å². The number of esters is 1. The van der Waals surface area contributed by atoms with Crippen molar-refractivity contribution in [2.24, 2.45) is 0 Å². The smallest absolute Gasteiger partial charge is 0.343 e. The van der Waals surface area contributed by atoms with E-state index in [1.165, 1.54) is 44.6 Å². The van der Waals surface area contributed by atoms with E-state index in [-0.39, 0.29) is 29.4 Å². The lowest BCUT2D eigenvalue weighted by atomic mass is 10.0. The molecule has 0 saturated heterocycles. The van der Waals surface area contributed by atoms with Crippen LogP contribution in [0, 0.1) is 6.92 Å². The van der Waals surface area contributed by atoms with E-state index in [0.717, 1.165) is 18.4 Å². The van der Waals surface area contributed by atoms with Crippen molar-refractivity contribution in [3.05, 3.63) is 119 Å². The van der Waals surface area contributed by atoms with E-state index >= 15 is 0 Å². The van der Waals surface area contributed by atoms with Crippen LogP contribution in [0.4, 0.5) is 5.69 Å². The van der Waals surface area contributed by atoms with Crippen LogP contribution in [0.15, 0.2) is 91.0 Å². The summed E-state index contributed by atoms with van der Waals surface area (Å²) in [5.41, 5.74) is 2.95. The number of hydrogen-bond acceptors (Lipinski definition) is 7. The molecule has 10 heteroatoms. The molecule has 256 valence electrons. The minimum absolute atomic E-state index is 0.0592. The zero-order valence-electron chi connectivity index (χ0n) is 28.0. The Hall–Kier alpha value is -5.64. The number of anilines is 1. The maximum Gasteiger partial charge on any atom is 0.343 e. The quantitative estimate of drug-likeness (QED) is 0.0608. The van der Waals surface area contributed by atoms with Crippen molar-refractivity contribution >= 4 is 29.4 Å². The Bertz CT molecular complexity index is 1740. The number of ether oxygens (including phenoxy) is 3. The van der Waals surface area contributed by atoms with Crippen molar-refractivity contribution in [1.82, 2.24) is 5.32 Å². The number of amides is 2. The summed E-state index contributed by atoms with van der Waals surface area (Å²) in [6.07, 6.45) is 5.65. The Labute approximate surface area is 286 Å². The molecule has 0 bridgehead atoms. The van der Waals surface area contributed by atoms with Gasteiger partial charge in [0.05, 0.1) is 19.3 Å². The molecule has 1 unspecified atom stereocenters. The van der Waals surface area contributed by atoms with Crippen LogP contribution in [0.5, 0.6) is 17.2 Å². The third-order valence-corrected chi connectivity index (χ3v) is 7.88. The predicted octanol–water partition coefficient (Wildman–Crippen LogP) is 7.25. The highest BCUT2D eigenvalue weighted by Crippen LogP contribution is 2.30. The fourth-order valence-corrected chi connectivity index (χ4v) is 5.07. The molecule has 0 saturated carbocycles. The van der Waals surface area contributed by atoms with Gasteiger partial charge in [-0.2, -0.15) is 0 Å². The van der Waals surface area contributed by atoms with E-state index in [4.69, 9.17) is 14.2 Å². The molecule has 0 radical (unpaired) electrons. The minimum Gasteiger partial charge on any atom is -0.494 e. The number of aliphatic carboxylic acids is 1. The van der Waals surface area contributed by atoms with E-state index in [9.17, 15) is 24.3 Å². The number of rotatable bonds is 17. The molecule has 3 N–H and O–H groups in total. The standard InChI is InChI=1S/C39H42N2O8/c1-4-5-6-7-10-23-48-31-20-16-29(17-21-31)39(46)49-34-22-13-27(25-35(34)47-3)24-33(38(44)45)41-36(42)28-14-18-30(19-15-28)40-37(43)32-12-9-8-11-26(32)2/h8-9,11-22,25,33H,4-7,10,23-24H2,1-3H3,(H,40,43)(H,41,42)(H,44,45). The Balaban J connectivity index is 1.32. The number of carboxylic acid groups (broad SMARTS) is 1.